The Morgan fingerprint density at radius 3 is 2.40 bits per heavy atom. The van der Waals surface area contributed by atoms with Crippen molar-refractivity contribution < 1.29 is 9.53 Å². The molecule has 0 N–H and O–H groups in total. The molecule has 0 aliphatic heterocycles. The molecule has 0 radical (unpaired) electrons. The van der Waals surface area contributed by atoms with Crippen molar-refractivity contribution in [2.75, 3.05) is 7.11 Å². The summed E-state index contributed by atoms with van der Waals surface area (Å²) in [6, 6.07) is 5.91. The fraction of sp³-hybridized carbons (Fsp3) is 0.462. The van der Waals surface area contributed by atoms with E-state index in [0.717, 1.165) is 16.9 Å². The number of hydrogen-bond acceptors (Lipinski definition) is 2. The molecular formula is C13H18O2. The van der Waals surface area contributed by atoms with Crippen molar-refractivity contribution in [3.8, 4) is 5.75 Å². The van der Waals surface area contributed by atoms with Gasteiger partial charge in [0.15, 0.2) is 0 Å². The molecule has 15 heavy (non-hydrogen) atoms. The summed E-state index contributed by atoms with van der Waals surface area (Å²) in [5.74, 6) is 0.923. The normalized spacial score (nSPS) is 11.3. The predicted octanol–water partition coefficient (Wildman–Crippen LogP) is 2.87. The van der Waals surface area contributed by atoms with Crippen LogP contribution in [0.3, 0.4) is 0 Å². The van der Waals surface area contributed by atoms with Gasteiger partial charge in [0.25, 0.3) is 0 Å². The summed E-state index contributed by atoms with van der Waals surface area (Å²) in [6.07, 6.45) is 0. The molecule has 0 heterocycles. The highest BCUT2D eigenvalue weighted by Crippen LogP contribution is 2.32. The summed E-state index contributed by atoms with van der Waals surface area (Å²) in [7, 11) is 1.63. The van der Waals surface area contributed by atoms with Crippen LogP contribution in [0.4, 0.5) is 0 Å². The standard InChI is InChI=1S/C13H18O2/c1-9-6-7-12(15-5)11(8-9)13(3,4)10(2)14/h6-8H,1-5H3. The first kappa shape index (κ1) is 11.8. The summed E-state index contributed by atoms with van der Waals surface area (Å²) in [5, 5.41) is 0. The maximum absolute atomic E-state index is 11.6. The maximum atomic E-state index is 11.6. The number of carbonyl (C=O) groups is 1. The Hall–Kier alpha value is -1.31. The van der Waals surface area contributed by atoms with E-state index in [2.05, 4.69) is 0 Å². The molecule has 0 spiro atoms. The van der Waals surface area contributed by atoms with Crippen LogP contribution in [0.5, 0.6) is 5.75 Å². The number of Topliss-reactive ketones (excluding diaryl/α,β-unsaturated/α-hetero) is 1. The van der Waals surface area contributed by atoms with Gasteiger partial charge in [-0.15, -0.1) is 0 Å². The minimum Gasteiger partial charge on any atom is -0.496 e. The zero-order chi connectivity index (χ0) is 11.6. The van der Waals surface area contributed by atoms with Gasteiger partial charge < -0.3 is 4.74 Å². The Morgan fingerprint density at radius 2 is 1.93 bits per heavy atom. The first-order chi connectivity index (χ1) is 6.89. The second-order valence-electron chi connectivity index (χ2n) is 4.38. The average molecular weight is 206 g/mol. The van der Waals surface area contributed by atoms with Gasteiger partial charge in [0.05, 0.1) is 12.5 Å². The lowest BCUT2D eigenvalue weighted by Gasteiger charge is -2.24. The fourth-order valence-electron chi connectivity index (χ4n) is 1.50. The summed E-state index contributed by atoms with van der Waals surface area (Å²) in [5.41, 5.74) is 1.61. The summed E-state index contributed by atoms with van der Waals surface area (Å²) in [6.45, 7) is 7.47. The van der Waals surface area contributed by atoms with Crippen molar-refractivity contribution in [2.45, 2.75) is 33.1 Å². The van der Waals surface area contributed by atoms with E-state index >= 15 is 0 Å². The Kier molecular flexibility index (Phi) is 3.18. The van der Waals surface area contributed by atoms with Crippen LogP contribution in [0.25, 0.3) is 0 Å². The van der Waals surface area contributed by atoms with E-state index in [0.29, 0.717) is 0 Å². The number of rotatable bonds is 3. The van der Waals surface area contributed by atoms with Crippen LogP contribution in [-0.4, -0.2) is 12.9 Å². The molecule has 0 saturated carbocycles. The molecule has 0 amide bonds. The van der Waals surface area contributed by atoms with Gasteiger partial charge in [-0.1, -0.05) is 17.7 Å². The van der Waals surface area contributed by atoms with Crippen LogP contribution in [0.15, 0.2) is 18.2 Å². The third-order valence-corrected chi connectivity index (χ3v) is 2.91. The van der Waals surface area contributed by atoms with Crippen LogP contribution < -0.4 is 4.74 Å². The second kappa shape index (κ2) is 4.05. The smallest absolute Gasteiger partial charge is 0.139 e. The highest BCUT2D eigenvalue weighted by atomic mass is 16.5. The van der Waals surface area contributed by atoms with Crippen molar-refractivity contribution in [3.05, 3.63) is 29.3 Å². The van der Waals surface area contributed by atoms with E-state index in [1.165, 1.54) is 0 Å². The Balaban J connectivity index is 3.34. The lowest BCUT2D eigenvalue weighted by Crippen LogP contribution is -2.27. The van der Waals surface area contributed by atoms with Crippen molar-refractivity contribution in [3.63, 3.8) is 0 Å². The number of benzene rings is 1. The number of ether oxygens (including phenoxy) is 1. The van der Waals surface area contributed by atoms with Crippen LogP contribution in [-0.2, 0) is 10.2 Å². The molecule has 2 heteroatoms. The summed E-state index contributed by atoms with van der Waals surface area (Å²) in [4.78, 5) is 11.6. The van der Waals surface area contributed by atoms with E-state index in [1.807, 2.05) is 39.0 Å². The number of ketones is 1. The quantitative estimate of drug-likeness (QED) is 0.760. The number of methoxy groups -OCH3 is 1. The first-order valence-corrected chi connectivity index (χ1v) is 5.05. The highest BCUT2D eigenvalue weighted by molar-refractivity contribution is 5.88. The van der Waals surface area contributed by atoms with Gasteiger partial charge in [0.2, 0.25) is 0 Å². The largest absolute Gasteiger partial charge is 0.496 e. The molecule has 0 aromatic heterocycles. The molecule has 0 aliphatic rings. The van der Waals surface area contributed by atoms with Crippen LogP contribution in [0, 0.1) is 6.92 Å². The Morgan fingerprint density at radius 1 is 1.33 bits per heavy atom. The van der Waals surface area contributed by atoms with E-state index < -0.39 is 5.41 Å². The minimum absolute atomic E-state index is 0.145. The van der Waals surface area contributed by atoms with Crippen LogP contribution in [0.1, 0.15) is 31.9 Å². The molecule has 0 atom stereocenters. The highest BCUT2D eigenvalue weighted by Gasteiger charge is 2.29. The van der Waals surface area contributed by atoms with E-state index in [4.69, 9.17) is 4.74 Å². The molecule has 82 valence electrons. The molecule has 2 nitrogen and oxygen atoms in total. The third kappa shape index (κ3) is 2.20. The summed E-state index contributed by atoms with van der Waals surface area (Å²) >= 11 is 0. The lowest BCUT2D eigenvalue weighted by molar-refractivity contribution is -0.121. The van der Waals surface area contributed by atoms with Gasteiger partial charge in [0, 0.05) is 5.56 Å². The van der Waals surface area contributed by atoms with Crippen molar-refractivity contribution >= 4 is 5.78 Å². The van der Waals surface area contributed by atoms with Gasteiger partial charge in [-0.3, -0.25) is 4.79 Å². The zero-order valence-corrected chi connectivity index (χ0v) is 10.0. The fourth-order valence-corrected chi connectivity index (χ4v) is 1.50. The monoisotopic (exact) mass is 206 g/mol. The van der Waals surface area contributed by atoms with Gasteiger partial charge in [-0.2, -0.15) is 0 Å². The molecule has 0 fully saturated rings. The van der Waals surface area contributed by atoms with Crippen molar-refractivity contribution in [1.29, 1.82) is 0 Å². The molecular weight excluding hydrogens is 188 g/mol. The lowest BCUT2D eigenvalue weighted by atomic mass is 9.80. The van der Waals surface area contributed by atoms with Gasteiger partial charge in [-0.05, 0) is 33.8 Å². The second-order valence-corrected chi connectivity index (χ2v) is 4.38. The molecule has 0 unspecified atom stereocenters. The number of carbonyl (C=O) groups excluding carboxylic acids is 1. The molecule has 1 aromatic carbocycles. The number of aryl methyl sites for hydroxylation is 1. The van der Waals surface area contributed by atoms with Gasteiger partial charge in [0.1, 0.15) is 11.5 Å². The predicted molar refractivity (Wildman–Crippen MR) is 61.4 cm³/mol. The van der Waals surface area contributed by atoms with Crippen molar-refractivity contribution in [2.24, 2.45) is 0 Å². The van der Waals surface area contributed by atoms with E-state index in [9.17, 15) is 4.79 Å². The van der Waals surface area contributed by atoms with E-state index in [-0.39, 0.29) is 5.78 Å². The van der Waals surface area contributed by atoms with E-state index in [1.54, 1.807) is 14.0 Å². The number of hydrogen-bond donors (Lipinski definition) is 0. The molecule has 1 aromatic rings. The van der Waals surface area contributed by atoms with Crippen molar-refractivity contribution in [1.82, 2.24) is 0 Å². The molecule has 0 aliphatic carbocycles. The maximum Gasteiger partial charge on any atom is 0.139 e. The SMILES string of the molecule is COc1ccc(C)cc1C(C)(C)C(C)=O. The Labute approximate surface area is 91.3 Å². The van der Waals surface area contributed by atoms with Gasteiger partial charge in [-0.25, -0.2) is 0 Å². The first-order valence-electron chi connectivity index (χ1n) is 5.05. The third-order valence-electron chi connectivity index (χ3n) is 2.91. The molecule has 0 saturated heterocycles. The van der Waals surface area contributed by atoms with Crippen LogP contribution in [0.2, 0.25) is 0 Å². The molecule has 0 bridgehead atoms. The zero-order valence-electron chi connectivity index (χ0n) is 10.0. The minimum atomic E-state index is -0.489. The van der Waals surface area contributed by atoms with Gasteiger partial charge >= 0.3 is 0 Å². The topological polar surface area (TPSA) is 26.3 Å². The van der Waals surface area contributed by atoms with Crippen LogP contribution >= 0.6 is 0 Å². The molecule has 1 rings (SSSR count). The average Bonchev–Trinajstić information content (AvgIpc) is 2.17. The summed E-state index contributed by atoms with van der Waals surface area (Å²) < 4.78 is 5.28. The Bertz CT molecular complexity index is 378.